The van der Waals surface area contributed by atoms with Crippen molar-refractivity contribution in [3.63, 3.8) is 0 Å². The van der Waals surface area contributed by atoms with Crippen LogP contribution in [0.25, 0.3) is 0 Å². The fourth-order valence-electron chi connectivity index (χ4n) is 1.53. The van der Waals surface area contributed by atoms with E-state index in [9.17, 15) is 23.6 Å². The topological polar surface area (TPSA) is 97.5 Å². The number of halogens is 1. The van der Waals surface area contributed by atoms with Crippen molar-refractivity contribution in [2.45, 2.75) is 23.6 Å². The Morgan fingerprint density at radius 3 is 2.26 bits per heavy atom. The molecule has 0 saturated carbocycles. The minimum Gasteiger partial charge on any atom is -0.386 e. The van der Waals surface area contributed by atoms with Crippen molar-refractivity contribution in [3.05, 3.63) is 39.9 Å². The molecule has 0 fully saturated rings. The molecule has 0 aliphatic carbocycles. The van der Waals surface area contributed by atoms with E-state index < -0.39 is 24.5 Å². The third kappa shape index (κ3) is 3.13. The average Bonchev–Trinajstić information content (AvgIpc) is 2.37. The van der Waals surface area contributed by atoms with Gasteiger partial charge in [-0.2, -0.15) is 0 Å². The Morgan fingerprint density at radius 2 is 1.89 bits per heavy atom. The molecule has 6 nitrogen and oxygen atoms in total. The van der Waals surface area contributed by atoms with Gasteiger partial charge in [-0.1, -0.05) is 22.9 Å². The molecule has 0 spiro atoms. The van der Waals surface area contributed by atoms with E-state index in [1.165, 1.54) is 38.1 Å². The van der Waals surface area contributed by atoms with Crippen molar-refractivity contribution in [1.82, 2.24) is 0 Å². The maximum absolute atomic E-state index is 11.9. The maximum Gasteiger partial charge on any atom is 0.269 e. The molecule has 2 atom stereocenters. The summed E-state index contributed by atoms with van der Waals surface area (Å²) in [6, 6.07) is 5.13. The first-order chi connectivity index (χ1) is 8.63. The molecule has 106 valence electrons. The zero-order valence-electron chi connectivity index (χ0n) is 10.4. The zero-order valence-corrected chi connectivity index (χ0v) is 12.8. The molecular weight excluding hydrogens is 338 g/mol. The molecule has 1 aromatic rings. The number of sulfone groups is 1. The largest absolute Gasteiger partial charge is 0.386 e. The van der Waals surface area contributed by atoms with Crippen molar-refractivity contribution >= 4 is 31.5 Å². The molecule has 0 radical (unpaired) electrons. The molecule has 0 bridgehead atoms. The van der Waals surface area contributed by atoms with Crippen LogP contribution in [-0.2, 0) is 9.84 Å². The van der Waals surface area contributed by atoms with E-state index in [4.69, 9.17) is 0 Å². The Hall–Kier alpha value is -0.990. The molecule has 8 heteroatoms. The third-order valence-electron chi connectivity index (χ3n) is 2.90. The summed E-state index contributed by atoms with van der Waals surface area (Å²) in [5.74, 6) is -0.126. The van der Waals surface area contributed by atoms with Crippen molar-refractivity contribution in [2.24, 2.45) is 0 Å². The fraction of sp³-hybridized carbons (Fsp3) is 0.455. The minimum absolute atomic E-state index is 0.120. The van der Waals surface area contributed by atoms with Gasteiger partial charge < -0.3 is 5.11 Å². The molecule has 19 heavy (non-hydrogen) atoms. The summed E-state index contributed by atoms with van der Waals surface area (Å²) in [6.07, 6.45) is -1.32. The molecule has 1 N–H and O–H groups in total. The second-order valence-corrected chi connectivity index (χ2v) is 8.97. The normalized spacial score (nSPS) is 16.6. The highest BCUT2D eigenvalue weighted by molar-refractivity contribution is 9.11. The highest BCUT2D eigenvalue weighted by Crippen LogP contribution is 2.39. The van der Waals surface area contributed by atoms with E-state index in [1.807, 2.05) is 0 Å². The number of alkyl halides is 1. The first kappa shape index (κ1) is 16.1. The Labute approximate surface area is 119 Å². The maximum atomic E-state index is 11.9. The monoisotopic (exact) mass is 351 g/mol. The van der Waals surface area contributed by atoms with Crippen LogP contribution in [0.15, 0.2) is 24.3 Å². The number of aliphatic hydroxyl groups excluding tert-OH is 1. The van der Waals surface area contributed by atoms with Gasteiger partial charge in [0.15, 0.2) is 13.5 Å². The predicted molar refractivity (Wildman–Crippen MR) is 74.8 cm³/mol. The summed E-state index contributed by atoms with van der Waals surface area (Å²) in [5.41, 5.74) is 0.174. The summed E-state index contributed by atoms with van der Waals surface area (Å²) in [4.78, 5) is 9.96. The average molecular weight is 352 g/mol. The lowest BCUT2D eigenvalue weighted by Gasteiger charge is -2.28. The van der Waals surface area contributed by atoms with Crippen LogP contribution >= 0.6 is 15.9 Å². The summed E-state index contributed by atoms with van der Waals surface area (Å²) in [6.45, 7) is 2.84. The SMILES string of the molecule is CCS(=O)(=O)[C@@](C)(Br)[C@@H](O)c1ccc([N+](=O)[O-])cc1. The molecule has 0 aliphatic heterocycles. The fourth-order valence-corrected chi connectivity index (χ4v) is 3.52. The first-order valence-electron chi connectivity index (χ1n) is 5.47. The van der Waals surface area contributed by atoms with Crippen molar-refractivity contribution in [1.29, 1.82) is 0 Å². The summed E-state index contributed by atoms with van der Waals surface area (Å²) < 4.78 is 22.3. The van der Waals surface area contributed by atoms with E-state index in [-0.39, 0.29) is 11.4 Å². The van der Waals surface area contributed by atoms with Gasteiger partial charge >= 0.3 is 0 Å². The smallest absolute Gasteiger partial charge is 0.269 e. The lowest BCUT2D eigenvalue weighted by Crippen LogP contribution is -2.36. The Morgan fingerprint density at radius 1 is 1.42 bits per heavy atom. The van der Waals surface area contributed by atoms with Gasteiger partial charge in [-0.05, 0) is 24.6 Å². The van der Waals surface area contributed by atoms with Gasteiger partial charge in [-0.15, -0.1) is 0 Å². The molecule has 0 saturated heterocycles. The lowest BCUT2D eigenvalue weighted by atomic mass is 10.1. The van der Waals surface area contributed by atoms with Crippen LogP contribution in [0, 0.1) is 10.1 Å². The van der Waals surface area contributed by atoms with Crippen LogP contribution in [0.1, 0.15) is 25.5 Å². The lowest BCUT2D eigenvalue weighted by molar-refractivity contribution is -0.384. The van der Waals surface area contributed by atoms with E-state index in [1.54, 1.807) is 0 Å². The number of hydrogen-bond acceptors (Lipinski definition) is 5. The van der Waals surface area contributed by atoms with Gasteiger partial charge in [-0.25, -0.2) is 8.42 Å². The number of nitro benzene ring substituents is 1. The van der Waals surface area contributed by atoms with Crippen molar-refractivity contribution in [3.8, 4) is 0 Å². The molecule has 1 rings (SSSR count). The molecule has 0 heterocycles. The predicted octanol–water partition coefficient (Wildman–Crippen LogP) is 2.17. The quantitative estimate of drug-likeness (QED) is 0.498. The van der Waals surface area contributed by atoms with Crippen LogP contribution in [0.4, 0.5) is 5.69 Å². The third-order valence-corrected chi connectivity index (χ3v) is 7.01. The van der Waals surface area contributed by atoms with E-state index in [0.29, 0.717) is 5.56 Å². The van der Waals surface area contributed by atoms with Crippen molar-refractivity contribution < 1.29 is 18.4 Å². The molecule has 0 amide bonds. The number of nitrogens with zero attached hydrogens (tertiary/aromatic N) is 1. The number of rotatable bonds is 5. The van der Waals surface area contributed by atoms with Crippen LogP contribution in [0.3, 0.4) is 0 Å². The number of aliphatic hydroxyl groups is 1. The zero-order chi connectivity index (χ0) is 14.8. The van der Waals surface area contributed by atoms with Gasteiger partial charge in [0.2, 0.25) is 0 Å². The second-order valence-electron chi connectivity index (χ2n) is 4.14. The number of hydrogen-bond donors (Lipinski definition) is 1. The summed E-state index contributed by atoms with van der Waals surface area (Å²) in [7, 11) is -3.54. The minimum atomic E-state index is -3.54. The Kier molecular flexibility index (Phi) is 4.70. The van der Waals surface area contributed by atoms with Crippen molar-refractivity contribution in [2.75, 3.05) is 5.75 Å². The van der Waals surface area contributed by atoms with Gasteiger partial charge in [-0.3, -0.25) is 10.1 Å². The van der Waals surface area contributed by atoms with E-state index in [2.05, 4.69) is 15.9 Å². The van der Waals surface area contributed by atoms with E-state index >= 15 is 0 Å². The summed E-state index contributed by atoms with van der Waals surface area (Å²) in [5, 5.41) is 20.7. The molecule has 0 unspecified atom stereocenters. The summed E-state index contributed by atoms with van der Waals surface area (Å²) >= 11 is 3.04. The Bertz CT molecular complexity index is 567. The van der Waals surface area contributed by atoms with Gasteiger partial charge in [0.25, 0.3) is 5.69 Å². The number of benzene rings is 1. The van der Waals surface area contributed by atoms with Crippen LogP contribution in [-0.4, -0.2) is 27.9 Å². The first-order valence-corrected chi connectivity index (χ1v) is 7.91. The highest BCUT2D eigenvalue weighted by atomic mass is 79.9. The van der Waals surface area contributed by atoms with Gasteiger partial charge in [0.1, 0.15) is 6.10 Å². The molecule has 0 aromatic heterocycles. The van der Waals surface area contributed by atoms with Gasteiger partial charge in [0, 0.05) is 17.9 Å². The van der Waals surface area contributed by atoms with Crippen LogP contribution in [0.2, 0.25) is 0 Å². The van der Waals surface area contributed by atoms with E-state index in [0.717, 1.165) is 0 Å². The second kappa shape index (κ2) is 5.56. The molecule has 1 aromatic carbocycles. The number of nitro groups is 1. The Balaban J connectivity index is 3.13. The molecular formula is C11H14BrNO5S. The number of non-ortho nitro benzene ring substituents is 1. The standard InChI is InChI=1S/C11H14BrNO5S/c1-3-19(17,18)11(2,12)10(14)8-4-6-9(7-5-8)13(15)16/h4-7,10,14H,3H2,1-2H3/t10-,11+/m0/s1. The van der Waals surface area contributed by atoms with Crippen LogP contribution < -0.4 is 0 Å². The molecule has 0 aliphatic rings. The highest BCUT2D eigenvalue weighted by Gasteiger charge is 2.42. The van der Waals surface area contributed by atoms with Gasteiger partial charge in [0.05, 0.1) is 4.92 Å². The van der Waals surface area contributed by atoms with Crippen LogP contribution in [0.5, 0.6) is 0 Å².